The van der Waals surface area contributed by atoms with E-state index in [1.807, 2.05) is 0 Å². The van der Waals surface area contributed by atoms with E-state index in [9.17, 15) is 0 Å². The molecule has 64 valence electrons. The van der Waals surface area contributed by atoms with Crippen LogP contribution in [0.5, 0.6) is 0 Å². The van der Waals surface area contributed by atoms with Crippen LogP contribution in [0.25, 0.3) is 20.9 Å². The van der Waals surface area contributed by atoms with Gasteiger partial charge in [0.2, 0.25) is 0 Å². The lowest BCUT2D eigenvalue weighted by Gasteiger charge is -1.92. The van der Waals surface area contributed by atoms with Crippen LogP contribution in [0.3, 0.4) is 0 Å². The Hall–Kier alpha value is -1.06. The van der Waals surface area contributed by atoms with Gasteiger partial charge in [0.05, 0.1) is 0 Å². The van der Waals surface area contributed by atoms with Crippen molar-refractivity contribution < 1.29 is 0 Å². The van der Waals surface area contributed by atoms with E-state index in [0.29, 0.717) is 0 Å². The molecule has 0 fully saturated rings. The van der Waals surface area contributed by atoms with E-state index >= 15 is 0 Å². The van der Waals surface area contributed by atoms with E-state index < -0.39 is 0 Å². The molecule has 0 bridgehead atoms. The molecule has 2 aromatic carbocycles. The third kappa shape index (κ3) is 0.975. The molecule has 0 aliphatic heterocycles. The van der Waals surface area contributed by atoms with Crippen molar-refractivity contribution >= 4 is 46.5 Å². The molecular weight excluding hydrogens is 198 g/mol. The molecule has 1 aromatic heterocycles. The summed E-state index contributed by atoms with van der Waals surface area (Å²) in [5.74, 6) is 0. The summed E-state index contributed by atoms with van der Waals surface area (Å²) in [6.07, 6.45) is 0. The Kier molecular flexibility index (Phi) is 1.39. The second-order valence-electron chi connectivity index (χ2n) is 3.03. The number of hydrogen-bond donors (Lipinski definition) is 1. The molecule has 0 radical (unpaired) electrons. The molecule has 0 unspecified atom stereocenters. The van der Waals surface area contributed by atoms with Gasteiger partial charge in [0, 0.05) is 10.1 Å². The summed E-state index contributed by atoms with van der Waals surface area (Å²) in [5.41, 5.74) is 5.86. The topological polar surface area (TPSA) is 26.0 Å². The highest BCUT2D eigenvalue weighted by Gasteiger charge is 2.03. The van der Waals surface area contributed by atoms with E-state index in [1.54, 1.807) is 20.7 Å². The molecule has 0 aliphatic rings. The molecule has 3 aromatic rings. The van der Waals surface area contributed by atoms with E-state index in [-0.39, 0.29) is 0 Å². The minimum absolute atomic E-state index is 0.933. The zero-order chi connectivity index (χ0) is 8.84. The summed E-state index contributed by atoms with van der Waals surface area (Å²) >= 11 is 0. The highest BCUT2D eigenvalue weighted by Crippen LogP contribution is 2.36. The molecule has 0 amide bonds. The highest BCUT2D eigenvalue weighted by molar-refractivity contribution is 7.74. The van der Waals surface area contributed by atoms with Crippen LogP contribution in [-0.4, -0.2) is 0 Å². The molecule has 0 spiro atoms. The van der Waals surface area contributed by atoms with Crippen molar-refractivity contribution in [2.45, 2.75) is 0 Å². The van der Waals surface area contributed by atoms with Gasteiger partial charge in [0.15, 0.2) is 0 Å². The minimum atomic E-state index is 0.933. The van der Waals surface area contributed by atoms with Crippen molar-refractivity contribution in [1.29, 1.82) is 0 Å². The second-order valence-corrected chi connectivity index (χ2v) is 5.25. The van der Waals surface area contributed by atoms with Crippen molar-refractivity contribution in [2.24, 2.45) is 0 Å². The van der Waals surface area contributed by atoms with Gasteiger partial charge in [-0.15, -0.1) is 0 Å². The summed E-state index contributed by atoms with van der Waals surface area (Å²) in [5, 5.41) is 4.73. The average molecular weight is 205 g/mol. The third-order valence-corrected chi connectivity index (χ3v) is 4.55. The normalized spacial score (nSPS) is 11.4. The Balaban J connectivity index is 2.59. The van der Waals surface area contributed by atoms with Crippen LogP contribution in [0.4, 0.5) is 5.00 Å². The maximum absolute atomic E-state index is 5.86. The lowest BCUT2D eigenvalue weighted by molar-refractivity contribution is 2.00. The molecule has 13 heavy (non-hydrogen) atoms. The van der Waals surface area contributed by atoms with Gasteiger partial charge in [-0.1, -0.05) is 38.9 Å². The van der Waals surface area contributed by atoms with Crippen molar-refractivity contribution in [2.75, 3.05) is 5.73 Å². The van der Waals surface area contributed by atoms with E-state index in [1.165, 1.54) is 20.9 Å². The molecule has 1 heterocycles. The first kappa shape index (κ1) is 7.35. The molecule has 3 rings (SSSR count). The van der Waals surface area contributed by atoms with Crippen LogP contribution in [0.2, 0.25) is 0 Å². The standard InChI is InChI=1S/C10H7NS2/c11-10-8-4-6-2-1-3-7(6)5-9(8)12-13-10/h1-5H,11H2. The molecule has 0 saturated carbocycles. The SMILES string of the molecule is Nc1ssc2cc3cccc3cc12. The highest BCUT2D eigenvalue weighted by atomic mass is 32.9. The molecule has 1 nitrogen and oxygen atoms in total. The first-order chi connectivity index (χ1) is 6.34. The Labute approximate surface area is 82.8 Å². The predicted octanol–water partition coefficient (Wildman–Crippen LogP) is 3.70. The largest absolute Gasteiger partial charge is 0.389 e. The fraction of sp³-hybridized carbons (Fsp3) is 0. The molecule has 3 heteroatoms. The zero-order valence-electron chi connectivity index (χ0n) is 6.78. The maximum Gasteiger partial charge on any atom is 0.105 e. The van der Waals surface area contributed by atoms with Crippen LogP contribution in [0.15, 0.2) is 30.3 Å². The van der Waals surface area contributed by atoms with Crippen LogP contribution in [-0.2, 0) is 0 Å². The first-order valence-corrected chi connectivity index (χ1v) is 6.16. The second kappa shape index (κ2) is 2.47. The fourth-order valence-electron chi connectivity index (χ4n) is 1.55. The van der Waals surface area contributed by atoms with Crippen LogP contribution in [0, 0.1) is 0 Å². The van der Waals surface area contributed by atoms with E-state index in [2.05, 4.69) is 30.3 Å². The number of nitrogens with two attached hydrogens (primary N) is 1. The van der Waals surface area contributed by atoms with Crippen LogP contribution >= 0.6 is 20.7 Å². The van der Waals surface area contributed by atoms with Gasteiger partial charge in [0.1, 0.15) is 5.00 Å². The van der Waals surface area contributed by atoms with Crippen molar-refractivity contribution in [3.63, 3.8) is 0 Å². The zero-order valence-corrected chi connectivity index (χ0v) is 8.41. The van der Waals surface area contributed by atoms with Crippen LogP contribution in [0.1, 0.15) is 0 Å². The smallest absolute Gasteiger partial charge is 0.105 e. The number of fused-ring (bicyclic) bond motifs is 2. The van der Waals surface area contributed by atoms with Gasteiger partial charge < -0.3 is 5.73 Å². The number of nitrogen functional groups attached to an aromatic ring is 1. The Morgan fingerprint density at radius 3 is 2.62 bits per heavy atom. The monoisotopic (exact) mass is 205 g/mol. The summed E-state index contributed by atoms with van der Waals surface area (Å²) in [6.45, 7) is 0. The fourth-order valence-corrected chi connectivity index (χ4v) is 3.71. The maximum atomic E-state index is 5.86. The average Bonchev–Trinajstić information content (AvgIpc) is 2.70. The van der Waals surface area contributed by atoms with Gasteiger partial charge in [0.25, 0.3) is 0 Å². The van der Waals surface area contributed by atoms with Crippen molar-refractivity contribution in [3.8, 4) is 0 Å². The van der Waals surface area contributed by atoms with Crippen molar-refractivity contribution in [1.82, 2.24) is 0 Å². The number of benzene rings is 1. The Morgan fingerprint density at radius 2 is 1.77 bits per heavy atom. The van der Waals surface area contributed by atoms with Gasteiger partial charge in [-0.2, -0.15) is 0 Å². The quantitative estimate of drug-likeness (QED) is 0.556. The van der Waals surface area contributed by atoms with Gasteiger partial charge in [-0.05, 0) is 22.9 Å². The lowest BCUT2D eigenvalue weighted by Crippen LogP contribution is -1.77. The molecular formula is C10H7NS2. The Bertz CT molecular complexity index is 577. The summed E-state index contributed by atoms with van der Waals surface area (Å²) in [7, 11) is 3.40. The van der Waals surface area contributed by atoms with E-state index in [4.69, 9.17) is 5.73 Å². The first-order valence-electron chi connectivity index (χ1n) is 4.01. The van der Waals surface area contributed by atoms with Crippen molar-refractivity contribution in [3.05, 3.63) is 30.3 Å². The Morgan fingerprint density at radius 1 is 1.00 bits per heavy atom. The molecule has 0 aliphatic carbocycles. The third-order valence-electron chi connectivity index (χ3n) is 2.22. The molecule has 0 saturated heterocycles. The van der Waals surface area contributed by atoms with Gasteiger partial charge in [-0.3, -0.25) is 0 Å². The summed E-state index contributed by atoms with van der Waals surface area (Å²) in [6, 6.07) is 10.7. The summed E-state index contributed by atoms with van der Waals surface area (Å²) in [4.78, 5) is 0. The number of hydrogen-bond acceptors (Lipinski definition) is 3. The predicted molar refractivity (Wildman–Crippen MR) is 61.6 cm³/mol. The minimum Gasteiger partial charge on any atom is -0.389 e. The lowest BCUT2D eigenvalue weighted by atomic mass is 10.2. The van der Waals surface area contributed by atoms with Crippen LogP contribution < -0.4 is 5.73 Å². The number of rotatable bonds is 0. The summed E-state index contributed by atoms with van der Waals surface area (Å²) < 4.78 is 1.29. The van der Waals surface area contributed by atoms with E-state index in [0.717, 1.165) is 5.00 Å². The molecule has 2 N–H and O–H groups in total. The number of anilines is 1. The van der Waals surface area contributed by atoms with Gasteiger partial charge in [-0.25, -0.2) is 0 Å². The van der Waals surface area contributed by atoms with Gasteiger partial charge >= 0.3 is 0 Å². The molecule has 0 atom stereocenters.